The largest absolute Gasteiger partial charge is 0.376 e. The maximum Gasteiger partial charge on any atom is 0.290 e. The monoisotopic (exact) mass is 438 g/mol. The molecule has 5 rings (SSSR count). The first-order valence-corrected chi connectivity index (χ1v) is 12.1. The molecular formula is C25H34N4O3. The number of carbonyl (C=O) groups excluding carboxylic acids is 2. The molecule has 2 aromatic rings. The minimum atomic E-state index is -1.00. The summed E-state index contributed by atoms with van der Waals surface area (Å²) in [5.74, 6) is 1.16. The van der Waals surface area contributed by atoms with Gasteiger partial charge in [0.15, 0.2) is 5.82 Å². The van der Waals surface area contributed by atoms with Gasteiger partial charge in [-0.3, -0.25) is 9.59 Å². The van der Waals surface area contributed by atoms with Crippen molar-refractivity contribution in [3.63, 3.8) is 0 Å². The topological polar surface area (TPSA) is 76.5 Å². The molecule has 7 heteroatoms. The Labute approximate surface area is 189 Å². The highest BCUT2D eigenvalue weighted by Gasteiger charge is 2.50. The van der Waals surface area contributed by atoms with Crippen molar-refractivity contribution in [2.24, 2.45) is 11.8 Å². The molecule has 2 fully saturated rings. The maximum atomic E-state index is 13.9. The van der Waals surface area contributed by atoms with Gasteiger partial charge in [0, 0.05) is 19.2 Å². The van der Waals surface area contributed by atoms with E-state index in [9.17, 15) is 9.59 Å². The van der Waals surface area contributed by atoms with Gasteiger partial charge in [-0.1, -0.05) is 38.8 Å². The van der Waals surface area contributed by atoms with E-state index in [1.54, 1.807) is 4.90 Å². The first kappa shape index (κ1) is 21.4. The van der Waals surface area contributed by atoms with E-state index < -0.39 is 5.54 Å². The lowest BCUT2D eigenvalue weighted by Gasteiger charge is -2.45. The van der Waals surface area contributed by atoms with E-state index in [0.29, 0.717) is 37.4 Å². The fourth-order valence-electron chi connectivity index (χ4n) is 5.72. The molecule has 1 aromatic carbocycles. The van der Waals surface area contributed by atoms with Gasteiger partial charge in [-0.15, -0.1) is 0 Å². The van der Waals surface area contributed by atoms with Gasteiger partial charge in [0.05, 0.1) is 23.7 Å². The zero-order chi connectivity index (χ0) is 22.5. The number of fused-ring (bicyclic) bond motifs is 3. The highest BCUT2D eigenvalue weighted by molar-refractivity contribution is 6.01. The summed E-state index contributed by atoms with van der Waals surface area (Å²) in [4.78, 5) is 33.9. The summed E-state index contributed by atoms with van der Waals surface area (Å²) < 4.78 is 7.78. The zero-order valence-corrected chi connectivity index (χ0v) is 19.3. The average Bonchev–Trinajstić information content (AvgIpc) is 3.42. The Bertz CT molecular complexity index is 1030. The van der Waals surface area contributed by atoms with Crippen molar-refractivity contribution in [1.29, 1.82) is 0 Å². The lowest BCUT2D eigenvalue weighted by molar-refractivity contribution is -0.135. The van der Waals surface area contributed by atoms with Gasteiger partial charge in [0.2, 0.25) is 5.91 Å². The second-order valence-corrected chi connectivity index (χ2v) is 10.2. The summed E-state index contributed by atoms with van der Waals surface area (Å²) in [5.41, 5.74) is 0.679. The van der Waals surface area contributed by atoms with E-state index in [4.69, 9.17) is 4.74 Å². The molecule has 2 amide bonds. The molecule has 1 N–H and O–H groups in total. The second-order valence-electron chi connectivity index (χ2n) is 10.2. The van der Waals surface area contributed by atoms with E-state index in [1.807, 2.05) is 35.8 Å². The van der Waals surface area contributed by atoms with Crippen LogP contribution in [0.3, 0.4) is 0 Å². The Kier molecular flexibility index (Phi) is 5.48. The number of para-hydroxylation sites is 2. The standard InChI is InChI=1S/C25H34N4O3/c1-16-8-6-11-19(17(16)2)27-24(31)25(3)15-28-21-12-5-4-10-20(21)26-22(28)23(30)29(25)14-18-9-7-13-32-18/h4-5,10,12,16-19H,6-9,11,13-15H2,1-3H3,(H,27,31). The molecule has 1 aromatic heterocycles. The van der Waals surface area contributed by atoms with Gasteiger partial charge >= 0.3 is 0 Å². The van der Waals surface area contributed by atoms with Gasteiger partial charge in [-0.2, -0.15) is 0 Å². The molecule has 1 saturated carbocycles. The van der Waals surface area contributed by atoms with E-state index in [0.717, 1.165) is 36.7 Å². The Morgan fingerprint density at radius 2 is 2.03 bits per heavy atom. The van der Waals surface area contributed by atoms with E-state index in [1.165, 1.54) is 6.42 Å². The SMILES string of the molecule is CC1CCCC(NC(=O)C2(C)Cn3c(nc4ccccc43)C(=O)N2CC2CCCO2)C1C. The van der Waals surface area contributed by atoms with Crippen LogP contribution in [0.1, 0.15) is 63.5 Å². The molecule has 7 nitrogen and oxygen atoms in total. The number of hydrogen-bond donors (Lipinski definition) is 1. The summed E-state index contributed by atoms with van der Waals surface area (Å²) in [6.07, 6.45) is 5.20. The first-order valence-electron chi connectivity index (χ1n) is 12.1. The Morgan fingerprint density at radius 1 is 1.22 bits per heavy atom. The number of amides is 2. The van der Waals surface area contributed by atoms with Gasteiger partial charge in [-0.05, 0) is 50.2 Å². The smallest absolute Gasteiger partial charge is 0.290 e. The normalized spacial score (nSPS) is 32.8. The summed E-state index contributed by atoms with van der Waals surface area (Å²) in [6.45, 7) is 7.93. The molecule has 172 valence electrons. The van der Waals surface area contributed by atoms with Gasteiger partial charge in [0.1, 0.15) is 5.54 Å². The van der Waals surface area contributed by atoms with Crippen LogP contribution in [0.25, 0.3) is 11.0 Å². The van der Waals surface area contributed by atoms with Crippen LogP contribution in [0.4, 0.5) is 0 Å². The van der Waals surface area contributed by atoms with Crippen LogP contribution in [-0.4, -0.2) is 57.1 Å². The van der Waals surface area contributed by atoms with E-state index in [-0.39, 0.29) is 24.0 Å². The lowest BCUT2D eigenvalue weighted by Crippen LogP contribution is -2.66. The molecule has 5 atom stereocenters. The van der Waals surface area contributed by atoms with Crippen molar-refractivity contribution in [1.82, 2.24) is 19.8 Å². The van der Waals surface area contributed by atoms with Crippen molar-refractivity contribution in [2.75, 3.05) is 13.2 Å². The third-order valence-corrected chi connectivity index (χ3v) is 8.08. The number of carbonyl (C=O) groups is 2. The molecule has 1 saturated heterocycles. The minimum Gasteiger partial charge on any atom is -0.376 e. The van der Waals surface area contributed by atoms with E-state index in [2.05, 4.69) is 24.1 Å². The Hall–Kier alpha value is -2.41. The van der Waals surface area contributed by atoms with Gasteiger partial charge in [0.25, 0.3) is 5.91 Å². The van der Waals surface area contributed by atoms with Crippen molar-refractivity contribution in [3.8, 4) is 0 Å². The maximum absolute atomic E-state index is 13.9. The fraction of sp³-hybridized carbons (Fsp3) is 0.640. The second kappa shape index (κ2) is 8.18. The van der Waals surface area contributed by atoms with Crippen LogP contribution in [0.2, 0.25) is 0 Å². The predicted octanol–water partition coefficient (Wildman–Crippen LogP) is 3.37. The fourth-order valence-corrected chi connectivity index (χ4v) is 5.72. The van der Waals surface area contributed by atoms with Crippen LogP contribution < -0.4 is 5.32 Å². The summed E-state index contributed by atoms with van der Waals surface area (Å²) in [6, 6.07) is 7.90. The van der Waals surface area contributed by atoms with Crippen LogP contribution in [-0.2, 0) is 16.1 Å². The number of hydrogen-bond acceptors (Lipinski definition) is 4. The molecule has 3 heterocycles. The lowest BCUT2D eigenvalue weighted by atomic mass is 9.77. The van der Waals surface area contributed by atoms with Crippen LogP contribution in [0.15, 0.2) is 24.3 Å². The van der Waals surface area contributed by atoms with Gasteiger partial charge in [-0.25, -0.2) is 4.98 Å². The molecule has 32 heavy (non-hydrogen) atoms. The number of nitrogens with zero attached hydrogens (tertiary/aromatic N) is 3. The molecule has 0 spiro atoms. The van der Waals surface area contributed by atoms with Crippen molar-refractivity contribution in [3.05, 3.63) is 30.1 Å². The number of benzene rings is 1. The highest BCUT2D eigenvalue weighted by Crippen LogP contribution is 2.34. The number of nitrogens with one attached hydrogen (secondary N) is 1. The average molecular weight is 439 g/mol. The Balaban J connectivity index is 1.50. The molecule has 1 aliphatic carbocycles. The molecule has 3 aliphatic rings. The zero-order valence-electron chi connectivity index (χ0n) is 19.3. The van der Waals surface area contributed by atoms with Crippen LogP contribution in [0.5, 0.6) is 0 Å². The van der Waals surface area contributed by atoms with Crippen molar-refractivity contribution < 1.29 is 14.3 Å². The number of ether oxygens (including phenoxy) is 1. The Morgan fingerprint density at radius 3 is 2.81 bits per heavy atom. The molecule has 0 radical (unpaired) electrons. The minimum absolute atomic E-state index is 0.0318. The third-order valence-electron chi connectivity index (χ3n) is 8.08. The van der Waals surface area contributed by atoms with Gasteiger partial charge < -0.3 is 19.5 Å². The number of imidazole rings is 1. The summed E-state index contributed by atoms with van der Waals surface area (Å²) in [7, 11) is 0. The molecule has 5 unspecified atom stereocenters. The predicted molar refractivity (Wildman–Crippen MR) is 122 cm³/mol. The van der Waals surface area contributed by atoms with E-state index >= 15 is 0 Å². The van der Waals surface area contributed by atoms with Crippen LogP contribution in [0, 0.1) is 11.8 Å². The van der Waals surface area contributed by atoms with Crippen molar-refractivity contribution >= 4 is 22.8 Å². The number of aromatic nitrogens is 2. The summed E-state index contributed by atoms with van der Waals surface area (Å²) in [5, 5.41) is 3.35. The summed E-state index contributed by atoms with van der Waals surface area (Å²) >= 11 is 0. The highest BCUT2D eigenvalue weighted by atomic mass is 16.5. The number of rotatable bonds is 4. The molecule has 0 bridgehead atoms. The quantitative estimate of drug-likeness (QED) is 0.794. The third kappa shape index (κ3) is 3.51. The first-order chi connectivity index (χ1) is 15.4. The molecular weight excluding hydrogens is 404 g/mol. The molecule has 2 aliphatic heterocycles. The van der Waals surface area contributed by atoms with Crippen LogP contribution >= 0.6 is 0 Å². The van der Waals surface area contributed by atoms with Crippen molar-refractivity contribution in [2.45, 2.75) is 77.1 Å².